The topological polar surface area (TPSA) is 84.9 Å². The molecule has 7 nitrogen and oxygen atoms in total. The number of carbonyl (C=O) groups is 3. The molecule has 1 fully saturated rings. The Bertz CT molecular complexity index is 1360. The minimum Gasteiger partial charge on any atom is -0.448 e. The SMILES string of the molecule is CO[C@H]1S[C@@H]2[C@@H](NC(=O)Cc3ccc(Cl)cc3)C(=O)N2C(C(=O)OC(c2ccccc2)c2ccccc2)=C1C. The van der Waals surface area contributed by atoms with Crippen molar-refractivity contribution in [2.45, 2.75) is 36.3 Å². The molecule has 0 aliphatic carbocycles. The summed E-state index contributed by atoms with van der Waals surface area (Å²) in [5.74, 6) is -1.29. The zero-order valence-corrected chi connectivity index (χ0v) is 22.9. The highest BCUT2D eigenvalue weighted by atomic mass is 35.5. The van der Waals surface area contributed by atoms with Gasteiger partial charge in [0.2, 0.25) is 5.91 Å². The van der Waals surface area contributed by atoms with Gasteiger partial charge in [-0.05, 0) is 41.3 Å². The van der Waals surface area contributed by atoms with E-state index in [1.807, 2.05) is 60.7 Å². The largest absolute Gasteiger partial charge is 0.448 e. The molecule has 0 saturated carbocycles. The summed E-state index contributed by atoms with van der Waals surface area (Å²) in [5, 5.41) is 2.90. The summed E-state index contributed by atoms with van der Waals surface area (Å²) in [7, 11) is 1.55. The number of hydrogen-bond acceptors (Lipinski definition) is 6. The lowest BCUT2D eigenvalue weighted by molar-refractivity contribution is -0.155. The van der Waals surface area contributed by atoms with Crippen LogP contribution in [0.1, 0.15) is 29.7 Å². The van der Waals surface area contributed by atoms with Crippen molar-refractivity contribution in [1.82, 2.24) is 10.2 Å². The van der Waals surface area contributed by atoms with Crippen LogP contribution in [-0.4, -0.2) is 46.6 Å². The van der Waals surface area contributed by atoms with Crippen molar-refractivity contribution in [3.05, 3.63) is 118 Å². The molecule has 0 radical (unpaired) electrons. The summed E-state index contributed by atoms with van der Waals surface area (Å²) < 4.78 is 11.7. The van der Waals surface area contributed by atoms with E-state index in [2.05, 4.69) is 5.32 Å². The van der Waals surface area contributed by atoms with Crippen LogP contribution in [0.4, 0.5) is 0 Å². The Morgan fingerprint density at radius 3 is 2.13 bits per heavy atom. The molecule has 0 unspecified atom stereocenters. The Morgan fingerprint density at radius 1 is 0.974 bits per heavy atom. The lowest BCUT2D eigenvalue weighted by atomic mass is 10.0. The molecular weight excluding hydrogens is 536 g/mol. The fourth-order valence-electron chi connectivity index (χ4n) is 4.76. The number of rotatable bonds is 8. The van der Waals surface area contributed by atoms with Gasteiger partial charge in [-0.15, -0.1) is 0 Å². The maximum atomic E-state index is 13.7. The van der Waals surface area contributed by atoms with Crippen molar-refractivity contribution in [2.24, 2.45) is 0 Å². The van der Waals surface area contributed by atoms with Crippen LogP contribution in [0, 0.1) is 0 Å². The van der Waals surface area contributed by atoms with Crippen LogP contribution >= 0.6 is 23.4 Å². The standard InChI is InChI=1S/C30H27ClN2O5S/c1-18-25(29(36)38-26(20-9-5-3-6-10-20)21-11-7-4-8-12-21)33-27(35)24(28(33)39-30(18)37-2)32-23(34)17-19-13-15-22(31)16-14-19/h3-16,24,26,28,30H,17H2,1-2H3,(H,32,34)/t24-,28+,30-/m0/s1. The quantitative estimate of drug-likeness (QED) is 0.312. The fraction of sp³-hybridized carbons (Fsp3) is 0.233. The first kappa shape index (κ1) is 27.0. The molecule has 2 heterocycles. The highest BCUT2D eigenvalue weighted by Crippen LogP contribution is 2.45. The van der Waals surface area contributed by atoms with E-state index in [1.165, 1.54) is 16.7 Å². The lowest BCUT2D eigenvalue weighted by Gasteiger charge is -2.51. The first-order chi connectivity index (χ1) is 18.9. The molecule has 39 heavy (non-hydrogen) atoms. The van der Waals surface area contributed by atoms with Gasteiger partial charge in [0.25, 0.3) is 5.91 Å². The van der Waals surface area contributed by atoms with E-state index in [-0.39, 0.29) is 23.9 Å². The number of nitrogens with zero attached hydrogens (tertiary/aromatic N) is 1. The number of β-lactam (4-membered cyclic amide) rings is 1. The molecule has 5 rings (SSSR count). The van der Waals surface area contributed by atoms with Gasteiger partial charge in [-0.3, -0.25) is 14.5 Å². The van der Waals surface area contributed by atoms with Crippen molar-refractivity contribution in [3.63, 3.8) is 0 Å². The van der Waals surface area contributed by atoms with E-state index in [0.717, 1.165) is 16.7 Å². The number of nitrogens with one attached hydrogen (secondary N) is 1. The molecule has 3 aromatic carbocycles. The number of hydrogen-bond donors (Lipinski definition) is 1. The van der Waals surface area contributed by atoms with Crippen LogP contribution in [0.5, 0.6) is 0 Å². The number of carbonyl (C=O) groups excluding carboxylic acids is 3. The maximum absolute atomic E-state index is 13.7. The molecule has 3 atom stereocenters. The molecule has 200 valence electrons. The molecule has 2 aliphatic heterocycles. The normalized spacial score (nSPS) is 20.4. The number of benzene rings is 3. The molecule has 3 aromatic rings. The van der Waals surface area contributed by atoms with Gasteiger partial charge >= 0.3 is 5.97 Å². The van der Waals surface area contributed by atoms with Gasteiger partial charge in [-0.2, -0.15) is 0 Å². The first-order valence-electron chi connectivity index (χ1n) is 12.4. The Balaban J connectivity index is 1.36. The highest BCUT2D eigenvalue weighted by Gasteiger charge is 2.56. The van der Waals surface area contributed by atoms with E-state index in [4.69, 9.17) is 21.1 Å². The van der Waals surface area contributed by atoms with Crippen molar-refractivity contribution in [1.29, 1.82) is 0 Å². The Kier molecular flexibility index (Phi) is 8.07. The Morgan fingerprint density at radius 2 is 1.56 bits per heavy atom. The number of fused-ring (bicyclic) bond motifs is 1. The second-order valence-electron chi connectivity index (χ2n) is 9.29. The van der Waals surface area contributed by atoms with Gasteiger partial charge in [0, 0.05) is 12.1 Å². The monoisotopic (exact) mass is 562 g/mol. The van der Waals surface area contributed by atoms with E-state index in [1.54, 1.807) is 38.3 Å². The summed E-state index contributed by atoms with van der Waals surface area (Å²) in [4.78, 5) is 41.2. The average molecular weight is 563 g/mol. The smallest absolute Gasteiger partial charge is 0.356 e. The summed E-state index contributed by atoms with van der Waals surface area (Å²) in [6.45, 7) is 1.76. The number of esters is 1. The number of thioether (sulfide) groups is 1. The lowest BCUT2D eigenvalue weighted by Crippen LogP contribution is -2.71. The van der Waals surface area contributed by atoms with Crippen LogP contribution < -0.4 is 5.32 Å². The highest BCUT2D eigenvalue weighted by molar-refractivity contribution is 8.00. The van der Waals surface area contributed by atoms with Crippen molar-refractivity contribution < 1.29 is 23.9 Å². The maximum Gasteiger partial charge on any atom is 0.356 e. The summed E-state index contributed by atoms with van der Waals surface area (Å²) in [5.41, 5.74) is 2.65. The molecule has 9 heteroatoms. The molecule has 0 bridgehead atoms. The Labute approximate surface area is 236 Å². The van der Waals surface area contributed by atoms with Crippen molar-refractivity contribution >= 4 is 41.1 Å². The molecule has 1 saturated heterocycles. The van der Waals surface area contributed by atoms with Gasteiger partial charge < -0.3 is 14.8 Å². The number of amides is 2. The summed E-state index contributed by atoms with van der Waals surface area (Å²) in [6.07, 6.45) is -0.563. The van der Waals surface area contributed by atoms with E-state index < -0.39 is 28.9 Å². The van der Waals surface area contributed by atoms with Gasteiger partial charge in [-0.1, -0.05) is 96.2 Å². The predicted octanol–water partition coefficient (Wildman–Crippen LogP) is 4.86. The molecule has 1 N–H and O–H groups in total. The van der Waals surface area contributed by atoms with E-state index in [9.17, 15) is 14.4 Å². The number of halogens is 1. The van der Waals surface area contributed by atoms with Crippen molar-refractivity contribution in [3.8, 4) is 0 Å². The zero-order chi connectivity index (χ0) is 27.5. The predicted molar refractivity (Wildman–Crippen MR) is 150 cm³/mol. The average Bonchev–Trinajstić information content (AvgIpc) is 2.96. The summed E-state index contributed by atoms with van der Waals surface area (Å²) >= 11 is 7.30. The molecule has 0 aromatic heterocycles. The van der Waals surface area contributed by atoms with Crippen LogP contribution in [0.2, 0.25) is 5.02 Å². The van der Waals surface area contributed by atoms with Crippen LogP contribution in [0.15, 0.2) is 96.2 Å². The van der Waals surface area contributed by atoms with Crippen molar-refractivity contribution in [2.75, 3.05) is 7.11 Å². The third-order valence-corrected chi connectivity index (χ3v) is 8.51. The van der Waals surface area contributed by atoms with E-state index >= 15 is 0 Å². The summed E-state index contributed by atoms with van der Waals surface area (Å²) in [6, 6.07) is 25.1. The second kappa shape index (κ2) is 11.7. The van der Waals surface area contributed by atoms with Gasteiger partial charge in [0.05, 0.1) is 6.42 Å². The third kappa shape index (κ3) is 5.59. The van der Waals surface area contributed by atoms with Crippen LogP contribution in [0.3, 0.4) is 0 Å². The molecular formula is C30H27ClN2O5S. The minimum atomic E-state index is -0.789. The Hall–Kier alpha value is -3.59. The van der Waals surface area contributed by atoms with E-state index in [0.29, 0.717) is 10.6 Å². The third-order valence-electron chi connectivity index (χ3n) is 6.71. The zero-order valence-electron chi connectivity index (χ0n) is 21.4. The second-order valence-corrected chi connectivity index (χ2v) is 10.9. The number of ether oxygens (including phenoxy) is 2. The van der Waals surface area contributed by atoms with Crippen LogP contribution in [-0.2, 0) is 30.3 Å². The van der Waals surface area contributed by atoms with Crippen LogP contribution in [0.25, 0.3) is 0 Å². The van der Waals surface area contributed by atoms with Gasteiger partial charge in [0.1, 0.15) is 22.5 Å². The van der Waals surface area contributed by atoms with Gasteiger partial charge in [0.15, 0.2) is 6.10 Å². The molecule has 2 aliphatic rings. The number of methoxy groups -OCH3 is 1. The minimum absolute atomic E-state index is 0.103. The molecule has 0 spiro atoms. The first-order valence-corrected chi connectivity index (χ1v) is 13.8. The van der Waals surface area contributed by atoms with Gasteiger partial charge in [-0.25, -0.2) is 4.79 Å². The molecule has 2 amide bonds. The fourth-order valence-corrected chi connectivity index (χ4v) is 6.23.